The first-order valence-electron chi connectivity index (χ1n) is 9.69. The lowest BCUT2D eigenvalue weighted by Gasteiger charge is -2.14. The maximum absolute atomic E-state index is 13.0. The third kappa shape index (κ3) is 4.53. The number of hydrogen-bond donors (Lipinski definition) is 1. The van der Waals surface area contributed by atoms with Crippen molar-refractivity contribution in [2.24, 2.45) is 5.10 Å². The van der Waals surface area contributed by atoms with Crippen LogP contribution in [0.15, 0.2) is 88.1 Å². The monoisotopic (exact) mass is 439 g/mol. The third-order valence-electron chi connectivity index (χ3n) is 4.59. The molecule has 0 radical (unpaired) electrons. The second kappa shape index (κ2) is 9.64. The first kappa shape index (κ1) is 20.9. The van der Waals surface area contributed by atoms with Gasteiger partial charge in [-0.25, -0.2) is 10.1 Å². The molecule has 32 heavy (non-hydrogen) atoms. The first-order chi connectivity index (χ1) is 15.7. The lowest BCUT2D eigenvalue weighted by molar-refractivity contribution is -0.121. The summed E-state index contributed by atoms with van der Waals surface area (Å²) in [6.07, 6.45) is 1.52. The molecule has 0 atom stereocenters. The summed E-state index contributed by atoms with van der Waals surface area (Å²) in [5.74, 6) is -0.525. The van der Waals surface area contributed by atoms with Crippen molar-refractivity contribution in [2.45, 2.75) is 6.54 Å². The summed E-state index contributed by atoms with van der Waals surface area (Å²) >= 11 is 1.48. The lowest BCUT2D eigenvalue weighted by atomic mass is 9.96. The number of thiophene rings is 1. The minimum atomic E-state index is -0.636. The van der Waals surface area contributed by atoms with Crippen molar-refractivity contribution in [1.29, 1.82) is 5.26 Å². The van der Waals surface area contributed by atoms with Gasteiger partial charge in [0.05, 0.1) is 6.21 Å². The van der Waals surface area contributed by atoms with Gasteiger partial charge < -0.3 is 0 Å². The Labute approximate surface area is 187 Å². The summed E-state index contributed by atoms with van der Waals surface area (Å²) in [4.78, 5) is 26.3. The van der Waals surface area contributed by atoms with Gasteiger partial charge in [-0.05, 0) is 17.0 Å². The molecule has 0 aliphatic rings. The van der Waals surface area contributed by atoms with E-state index < -0.39 is 11.5 Å². The summed E-state index contributed by atoms with van der Waals surface area (Å²) in [6, 6.07) is 24.1. The molecule has 8 heteroatoms. The van der Waals surface area contributed by atoms with Crippen LogP contribution >= 0.6 is 11.3 Å². The van der Waals surface area contributed by atoms with Crippen LogP contribution in [-0.4, -0.2) is 21.9 Å². The van der Waals surface area contributed by atoms with Crippen molar-refractivity contribution in [3.05, 3.63) is 99.0 Å². The average molecular weight is 440 g/mol. The minimum absolute atomic E-state index is 0.0695. The number of benzene rings is 2. The number of rotatable bonds is 6. The Morgan fingerprint density at radius 1 is 1.06 bits per heavy atom. The van der Waals surface area contributed by atoms with Crippen molar-refractivity contribution in [2.75, 3.05) is 0 Å². The number of nitrogens with one attached hydrogen (secondary N) is 1. The fraction of sp³-hybridized carbons (Fsp3) is 0.0417. The van der Waals surface area contributed by atoms with Crippen LogP contribution in [-0.2, 0) is 11.3 Å². The second-order valence-electron chi connectivity index (χ2n) is 6.71. The molecule has 0 fully saturated rings. The lowest BCUT2D eigenvalue weighted by Crippen LogP contribution is -2.33. The molecule has 4 aromatic rings. The van der Waals surface area contributed by atoms with Crippen molar-refractivity contribution in [3.8, 4) is 28.5 Å². The SMILES string of the molecule is N#Cc1c(-c2ccccc2)c(-c2ccccc2)nn(CC(=O)N/N=C\c2cccs2)c1=O. The summed E-state index contributed by atoms with van der Waals surface area (Å²) in [5, 5.41) is 20.1. The van der Waals surface area contributed by atoms with Gasteiger partial charge in [0.15, 0.2) is 0 Å². The van der Waals surface area contributed by atoms with E-state index in [-0.39, 0.29) is 12.1 Å². The van der Waals surface area contributed by atoms with Crippen molar-refractivity contribution < 1.29 is 4.79 Å². The van der Waals surface area contributed by atoms with E-state index in [2.05, 4.69) is 15.6 Å². The molecule has 0 aliphatic heterocycles. The van der Waals surface area contributed by atoms with Crippen molar-refractivity contribution in [3.63, 3.8) is 0 Å². The number of nitrogens with zero attached hydrogens (tertiary/aromatic N) is 4. The molecule has 1 amide bonds. The molecular formula is C24H17N5O2S. The molecule has 0 spiro atoms. The van der Waals surface area contributed by atoms with Crippen LogP contribution in [0.3, 0.4) is 0 Å². The van der Waals surface area contributed by atoms with E-state index in [0.717, 1.165) is 15.1 Å². The number of hydrazone groups is 1. The number of carbonyl (C=O) groups excluding carboxylic acids is 1. The van der Waals surface area contributed by atoms with E-state index in [1.807, 2.05) is 84.2 Å². The van der Waals surface area contributed by atoms with Gasteiger partial charge in [-0.1, -0.05) is 66.7 Å². The number of nitriles is 1. The van der Waals surface area contributed by atoms with Gasteiger partial charge in [0.2, 0.25) is 0 Å². The van der Waals surface area contributed by atoms with E-state index in [0.29, 0.717) is 16.8 Å². The quantitative estimate of drug-likeness (QED) is 0.366. The molecule has 0 unspecified atom stereocenters. The predicted octanol–water partition coefficient (Wildman–Crippen LogP) is 3.66. The highest BCUT2D eigenvalue weighted by atomic mass is 32.1. The Morgan fingerprint density at radius 3 is 2.38 bits per heavy atom. The molecular weight excluding hydrogens is 422 g/mol. The first-order valence-corrected chi connectivity index (χ1v) is 10.6. The number of aromatic nitrogens is 2. The van der Waals surface area contributed by atoms with Gasteiger partial charge in [0.1, 0.15) is 23.9 Å². The Balaban J connectivity index is 1.75. The minimum Gasteiger partial charge on any atom is -0.271 e. The zero-order valence-corrected chi connectivity index (χ0v) is 17.6. The molecule has 156 valence electrons. The molecule has 7 nitrogen and oxygen atoms in total. The van der Waals surface area contributed by atoms with E-state index in [4.69, 9.17) is 0 Å². The molecule has 0 aliphatic carbocycles. The van der Waals surface area contributed by atoms with Crippen LogP contribution in [0, 0.1) is 11.3 Å². The van der Waals surface area contributed by atoms with Crippen LogP contribution in [0.4, 0.5) is 0 Å². The fourth-order valence-corrected chi connectivity index (χ4v) is 3.75. The van der Waals surface area contributed by atoms with Gasteiger partial charge in [0, 0.05) is 16.0 Å². The van der Waals surface area contributed by atoms with Crippen LogP contribution in [0.1, 0.15) is 10.4 Å². The molecule has 2 aromatic heterocycles. The van der Waals surface area contributed by atoms with Gasteiger partial charge >= 0.3 is 0 Å². The molecule has 2 heterocycles. The predicted molar refractivity (Wildman–Crippen MR) is 124 cm³/mol. The summed E-state index contributed by atoms with van der Waals surface area (Å²) in [6.45, 7) is -0.371. The maximum Gasteiger partial charge on any atom is 0.285 e. The van der Waals surface area contributed by atoms with E-state index >= 15 is 0 Å². The van der Waals surface area contributed by atoms with E-state index in [1.165, 1.54) is 17.6 Å². The average Bonchev–Trinajstić information content (AvgIpc) is 3.34. The van der Waals surface area contributed by atoms with Crippen molar-refractivity contribution >= 4 is 23.5 Å². The zero-order valence-electron chi connectivity index (χ0n) is 16.8. The highest BCUT2D eigenvalue weighted by Gasteiger charge is 2.21. The van der Waals surface area contributed by atoms with Crippen LogP contribution < -0.4 is 11.0 Å². The molecule has 1 N–H and O–H groups in total. The van der Waals surface area contributed by atoms with Gasteiger partial charge in [-0.3, -0.25) is 9.59 Å². The Kier molecular flexibility index (Phi) is 6.30. The Morgan fingerprint density at radius 2 is 1.75 bits per heavy atom. The van der Waals surface area contributed by atoms with Gasteiger partial charge in [0.25, 0.3) is 11.5 Å². The number of hydrogen-bond acceptors (Lipinski definition) is 6. The van der Waals surface area contributed by atoms with E-state index in [1.54, 1.807) is 0 Å². The zero-order chi connectivity index (χ0) is 22.3. The third-order valence-corrected chi connectivity index (χ3v) is 5.40. The molecule has 2 aromatic carbocycles. The molecule has 4 rings (SSSR count). The Bertz CT molecular complexity index is 1360. The standard InChI is InChI=1S/C24H17N5O2S/c25-14-20-22(17-8-3-1-4-9-17)23(18-10-5-2-6-11-18)28-29(24(20)31)16-21(30)27-26-15-19-12-7-13-32-19/h1-13,15H,16H2,(H,27,30)/b26-15-. The second-order valence-corrected chi connectivity index (χ2v) is 7.69. The number of carbonyl (C=O) groups is 1. The topological polar surface area (TPSA) is 100 Å². The maximum atomic E-state index is 13.0. The highest BCUT2D eigenvalue weighted by molar-refractivity contribution is 7.11. The van der Waals surface area contributed by atoms with Crippen LogP contribution in [0.5, 0.6) is 0 Å². The van der Waals surface area contributed by atoms with Gasteiger partial charge in [-0.2, -0.15) is 15.5 Å². The Hall–Kier alpha value is -4.35. The largest absolute Gasteiger partial charge is 0.285 e. The summed E-state index contributed by atoms with van der Waals surface area (Å²) in [7, 11) is 0. The summed E-state index contributed by atoms with van der Waals surface area (Å²) in [5.41, 5.74) is 4.01. The van der Waals surface area contributed by atoms with E-state index in [9.17, 15) is 14.9 Å². The highest BCUT2D eigenvalue weighted by Crippen LogP contribution is 2.31. The van der Waals surface area contributed by atoms with Crippen molar-refractivity contribution in [1.82, 2.24) is 15.2 Å². The van der Waals surface area contributed by atoms with Gasteiger partial charge in [-0.15, -0.1) is 11.3 Å². The normalized spacial score (nSPS) is 10.7. The fourth-order valence-electron chi connectivity index (χ4n) is 3.17. The van der Waals surface area contributed by atoms with Crippen LogP contribution in [0.2, 0.25) is 0 Å². The number of amides is 1. The molecule has 0 saturated heterocycles. The summed E-state index contributed by atoms with van der Waals surface area (Å²) < 4.78 is 1.00. The molecule has 0 saturated carbocycles. The van der Waals surface area contributed by atoms with Crippen LogP contribution in [0.25, 0.3) is 22.4 Å². The molecule has 0 bridgehead atoms. The smallest absolute Gasteiger partial charge is 0.271 e.